The Kier molecular flexibility index (Phi) is 8.91. The van der Waals surface area contributed by atoms with E-state index in [-0.39, 0.29) is 0 Å². The molecule has 0 saturated heterocycles. The minimum absolute atomic E-state index is 0.558. The van der Waals surface area contributed by atoms with Crippen LogP contribution in [0.25, 0.3) is 0 Å². The van der Waals surface area contributed by atoms with Crippen LogP contribution in [-0.2, 0) is 12.8 Å². The quantitative estimate of drug-likeness (QED) is 0.370. The third-order valence-corrected chi connectivity index (χ3v) is 5.01. The van der Waals surface area contributed by atoms with Crippen LogP contribution in [0, 0.1) is 6.92 Å². The first-order valence-corrected chi connectivity index (χ1v) is 10.2. The number of guanidine groups is 1. The van der Waals surface area contributed by atoms with Gasteiger partial charge in [-0.05, 0) is 44.5 Å². The summed E-state index contributed by atoms with van der Waals surface area (Å²) >= 11 is 1.78. The summed E-state index contributed by atoms with van der Waals surface area (Å²) in [6.45, 7) is 9.11. The van der Waals surface area contributed by atoms with E-state index in [1.54, 1.807) is 18.4 Å². The van der Waals surface area contributed by atoms with Crippen LogP contribution in [0.15, 0.2) is 29.3 Å². The molecule has 1 aromatic carbocycles. The molecule has 0 aliphatic rings. The predicted molar refractivity (Wildman–Crippen MR) is 112 cm³/mol. The summed E-state index contributed by atoms with van der Waals surface area (Å²) in [7, 11) is 1.65. The maximum absolute atomic E-state index is 5.73. The van der Waals surface area contributed by atoms with Gasteiger partial charge >= 0.3 is 0 Å². The van der Waals surface area contributed by atoms with Gasteiger partial charge in [-0.15, -0.1) is 11.3 Å². The van der Waals surface area contributed by atoms with E-state index in [0.29, 0.717) is 19.7 Å². The molecule has 0 radical (unpaired) electrons. The lowest BCUT2D eigenvalue weighted by molar-refractivity contribution is 0.321. The fourth-order valence-corrected chi connectivity index (χ4v) is 3.55. The van der Waals surface area contributed by atoms with E-state index in [9.17, 15) is 0 Å². The molecule has 0 aliphatic heterocycles. The first kappa shape index (κ1) is 21.0. The van der Waals surface area contributed by atoms with Gasteiger partial charge in [-0.2, -0.15) is 0 Å². The number of hydrogen-bond acceptors (Lipinski definition) is 5. The number of nitrogens with one attached hydrogen (secondary N) is 2. The molecule has 2 N–H and O–H groups in total. The Morgan fingerprint density at radius 3 is 2.52 bits per heavy atom. The monoisotopic (exact) mass is 390 g/mol. The molecule has 148 valence electrons. The SMILES string of the molecule is CCNC(=NCCc1nc(CC)c(C)s1)NCCOc1ccc(OC)cc1. The number of aromatic nitrogens is 1. The molecule has 0 aliphatic carbocycles. The van der Waals surface area contributed by atoms with Gasteiger partial charge in [-0.3, -0.25) is 4.99 Å². The highest BCUT2D eigenvalue weighted by molar-refractivity contribution is 7.11. The summed E-state index contributed by atoms with van der Waals surface area (Å²) in [6.07, 6.45) is 1.86. The van der Waals surface area contributed by atoms with Crippen LogP contribution in [0.1, 0.15) is 29.4 Å². The van der Waals surface area contributed by atoms with Crippen LogP contribution in [0.5, 0.6) is 11.5 Å². The van der Waals surface area contributed by atoms with Crippen molar-refractivity contribution in [2.75, 3.05) is 33.4 Å². The second-order valence-corrected chi connectivity index (χ2v) is 7.21. The molecule has 1 heterocycles. The maximum Gasteiger partial charge on any atom is 0.191 e. The Bertz CT molecular complexity index is 713. The van der Waals surface area contributed by atoms with Crippen molar-refractivity contribution in [2.45, 2.75) is 33.6 Å². The molecule has 6 nitrogen and oxygen atoms in total. The number of nitrogens with zero attached hydrogens (tertiary/aromatic N) is 2. The zero-order chi connectivity index (χ0) is 19.5. The van der Waals surface area contributed by atoms with E-state index in [1.165, 1.54) is 10.6 Å². The second-order valence-electron chi connectivity index (χ2n) is 5.93. The molecular weight excluding hydrogens is 360 g/mol. The second kappa shape index (κ2) is 11.4. The average Bonchev–Trinajstić information content (AvgIpc) is 3.05. The first-order chi connectivity index (χ1) is 13.2. The number of benzene rings is 1. The van der Waals surface area contributed by atoms with E-state index in [0.717, 1.165) is 41.9 Å². The Labute approximate surface area is 166 Å². The highest BCUT2D eigenvalue weighted by Gasteiger charge is 2.05. The average molecular weight is 391 g/mol. The number of methoxy groups -OCH3 is 1. The standard InChI is InChI=1S/C20H30N4O2S/c1-5-18-15(3)27-19(24-18)11-12-22-20(21-6-2)23-13-14-26-17-9-7-16(25-4)8-10-17/h7-10H,5-6,11-14H2,1-4H3,(H2,21,22,23). The van der Waals surface area contributed by atoms with Crippen molar-refractivity contribution in [3.63, 3.8) is 0 Å². The van der Waals surface area contributed by atoms with Gasteiger partial charge in [0, 0.05) is 24.4 Å². The smallest absolute Gasteiger partial charge is 0.191 e. The Morgan fingerprint density at radius 1 is 1.15 bits per heavy atom. The summed E-state index contributed by atoms with van der Waals surface area (Å²) in [5.41, 5.74) is 1.21. The molecule has 1 aromatic heterocycles. The van der Waals surface area contributed by atoms with Gasteiger partial charge < -0.3 is 20.1 Å². The zero-order valence-electron chi connectivity index (χ0n) is 16.7. The fourth-order valence-electron chi connectivity index (χ4n) is 2.54. The molecule has 0 fully saturated rings. The van der Waals surface area contributed by atoms with Crippen LogP contribution in [-0.4, -0.2) is 44.3 Å². The summed E-state index contributed by atoms with van der Waals surface area (Å²) in [5.74, 6) is 2.45. The molecule has 0 saturated carbocycles. The normalized spacial score (nSPS) is 11.3. The lowest BCUT2D eigenvalue weighted by Gasteiger charge is -2.12. The summed E-state index contributed by atoms with van der Waals surface area (Å²) in [4.78, 5) is 10.6. The van der Waals surface area contributed by atoms with Crippen LogP contribution < -0.4 is 20.1 Å². The van der Waals surface area contributed by atoms with E-state index in [1.807, 2.05) is 24.3 Å². The fraction of sp³-hybridized carbons (Fsp3) is 0.500. The lowest BCUT2D eigenvalue weighted by Crippen LogP contribution is -2.39. The third kappa shape index (κ3) is 7.09. The molecule has 2 aromatic rings. The molecule has 0 bridgehead atoms. The van der Waals surface area contributed by atoms with Crippen molar-refractivity contribution >= 4 is 17.3 Å². The number of ether oxygens (including phenoxy) is 2. The highest BCUT2D eigenvalue weighted by Crippen LogP contribution is 2.18. The highest BCUT2D eigenvalue weighted by atomic mass is 32.1. The third-order valence-electron chi connectivity index (χ3n) is 3.93. The van der Waals surface area contributed by atoms with Crippen molar-refractivity contribution < 1.29 is 9.47 Å². The van der Waals surface area contributed by atoms with Crippen molar-refractivity contribution in [1.82, 2.24) is 15.6 Å². The van der Waals surface area contributed by atoms with E-state index >= 15 is 0 Å². The van der Waals surface area contributed by atoms with Crippen LogP contribution >= 0.6 is 11.3 Å². The maximum atomic E-state index is 5.73. The largest absolute Gasteiger partial charge is 0.497 e. The molecule has 0 amide bonds. The van der Waals surface area contributed by atoms with E-state index < -0.39 is 0 Å². The molecule has 27 heavy (non-hydrogen) atoms. The van der Waals surface area contributed by atoms with Gasteiger partial charge in [0.25, 0.3) is 0 Å². The van der Waals surface area contributed by atoms with Gasteiger partial charge in [0.15, 0.2) is 5.96 Å². The van der Waals surface area contributed by atoms with Gasteiger partial charge in [-0.1, -0.05) is 6.92 Å². The Morgan fingerprint density at radius 2 is 1.89 bits per heavy atom. The van der Waals surface area contributed by atoms with Crippen molar-refractivity contribution in [3.05, 3.63) is 39.8 Å². The number of rotatable bonds is 10. The minimum atomic E-state index is 0.558. The van der Waals surface area contributed by atoms with Crippen LogP contribution in [0.3, 0.4) is 0 Å². The Hall–Kier alpha value is -2.28. The van der Waals surface area contributed by atoms with Crippen LogP contribution in [0.4, 0.5) is 0 Å². The summed E-state index contributed by atoms with van der Waals surface area (Å²) in [5, 5.41) is 7.72. The molecule has 7 heteroatoms. The summed E-state index contributed by atoms with van der Waals surface area (Å²) in [6, 6.07) is 7.58. The molecule has 0 atom stereocenters. The number of aliphatic imine (C=N–C) groups is 1. The van der Waals surface area contributed by atoms with E-state index in [2.05, 4.69) is 41.4 Å². The zero-order valence-corrected chi connectivity index (χ0v) is 17.5. The molecule has 0 unspecified atom stereocenters. The number of aryl methyl sites for hydroxylation is 2. The van der Waals surface area contributed by atoms with Gasteiger partial charge in [0.1, 0.15) is 18.1 Å². The molecule has 2 rings (SSSR count). The summed E-state index contributed by atoms with van der Waals surface area (Å²) < 4.78 is 10.9. The topological polar surface area (TPSA) is 67.8 Å². The van der Waals surface area contributed by atoms with Gasteiger partial charge in [-0.25, -0.2) is 4.98 Å². The number of thiazole rings is 1. The molecular formula is C20H30N4O2S. The van der Waals surface area contributed by atoms with Crippen LogP contribution in [0.2, 0.25) is 0 Å². The van der Waals surface area contributed by atoms with Crippen molar-refractivity contribution in [2.24, 2.45) is 4.99 Å². The first-order valence-electron chi connectivity index (χ1n) is 9.40. The van der Waals surface area contributed by atoms with E-state index in [4.69, 9.17) is 9.47 Å². The van der Waals surface area contributed by atoms with Crippen molar-refractivity contribution in [1.29, 1.82) is 0 Å². The van der Waals surface area contributed by atoms with Gasteiger partial charge in [0.05, 0.1) is 24.4 Å². The molecule has 0 spiro atoms. The minimum Gasteiger partial charge on any atom is -0.497 e. The van der Waals surface area contributed by atoms with Gasteiger partial charge in [0.2, 0.25) is 0 Å². The Balaban J connectivity index is 1.75. The lowest BCUT2D eigenvalue weighted by atomic mass is 10.3. The predicted octanol–water partition coefficient (Wildman–Crippen LogP) is 3.20. The number of hydrogen-bond donors (Lipinski definition) is 2. The van der Waals surface area contributed by atoms with Crippen molar-refractivity contribution in [3.8, 4) is 11.5 Å².